The van der Waals surface area contributed by atoms with Gasteiger partial charge in [0.05, 0.1) is 0 Å². The summed E-state index contributed by atoms with van der Waals surface area (Å²) in [5.41, 5.74) is 6.35. The number of hydrogen-bond donors (Lipinski definition) is 3. The Morgan fingerprint density at radius 3 is 1.02 bits per heavy atom. The Kier molecular flexibility index (Phi) is 54.0. The predicted octanol–water partition coefficient (Wildman–Crippen LogP) is 9.51. The molecule has 0 amide bonds. The Labute approximate surface area is 352 Å². The van der Waals surface area contributed by atoms with Crippen molar-refractivity contribution >= 4 is 0 Å². The first-order chi connectivity index (χ1) is 13.3. The third-order valence-electron chi connectivity index (χ3n) is 5.42. The minimum Gasteiger partial charge on any atom is -0.534 e. The van der Waals surface area contributed by atoms with Crippen LogP contribution < -0.4 is 0 Å². The molecule has 0 radical (unpaired) electrons. The van der Waals surface area contributed by atoms with E-state index in [0.29, 0.717) is 0 Å². The molecule has 1 unspecified atom stereocenters. The van der Waals surface area contributed by atoms with E-state index < -0.39 is 0 Å². The summed E-state index contributed by atoms with van der Waals surface area (Å²) >= 11 is 0. The first kappa shape index (κ1) is 68.4. The van der Waals surface area contributed by atoms with Crippen molar-refractivity contribution in [2.24, 2.45) is 0 Å². The van der Waals surface area contributed by atoms with E-state index in [1.807, 2.05) is 39.0 Å². The molecule has 0 spiro atoms. The van der Waals surface area contributed by atoms with Crippen molar-refractivity contribution in [1.29, 1.82) is 0 Å². The second-order valence-corrected chi connectivity index (χ2v) is 7.56. The number of benzene rings is 3. The van der Waals surface area contributed by atoms with Gasteiger partial charge in [-0.15, -0.1) is 36.4 Å². The van der Waals surface area contributed by atoms with Gasteiger partial charge in [-0.3, -0.25) is 0 Å². The van der Waals surface area contributed by atoms with Crippen molar-refractivity contribution < 1.29 is 141 Å². The summed E-state index contributed by atoms with van der Waals surface area (Å²) in [5, 5.41) is 29.2. The Bertz CT molecular complexity index is 956. The van der Waals surface area contributed by atoms with Crippen LogP contribution in [0.15, 0.2) is 36.4 Å². The van der Waals surface area contributed by atoms with Crippen LogP contribution in [0, 0.1) is 231 Å². The van der Waals surface area contributed by atoms with Crippen molar-refractivity contribution in [3.05, 3.63) is 155 Å². The molecule has 0 aliphatic rings. The van der Waals surface area contributed by atoms with Crippen LogP contribution in [-0.2, 0) is 0 Å². The van der Waals surface area contributed by atoms with Gasteiger partial charge >= 0.3 is 125 Å². The van der Waals surface area contributed by atoms with E-state index in [9.17, 15) is 15.3 Å². The summed E-state index contributed by atoms with van der Waals surface area (Å²) in [6.45, 7) is 8.13. The molecule has 0 aromatic heterocycles. The van der Waals surface area contributed by atoms with Gasteiger partial charge in [-0.05, 0) is 0 Å². The number of hydrogen-bond acceptors (Lipinski definition) is 3. The molecule has 0 saturated carbocycles. The number of aromatic hydroxyl groups is 3. The number of phenolic OH excluding ortho intramolecular Hbond substituents is 3. The molecule has 218 valence electrons. The number of rotatable bonds is 5. The molecule has 0 fully saturated rings. The molecule has 40 heavy (non-hydrogen) atoms. The molecule has 3 aromatic rings. The minimum absolute atomic E-state index is 0. The van der Waals surface area contributed by atoms with E-state index in [-0.39, 0.29) is 221 Å². The van der Waals surface area contributed by atoms with Crippen molar-refractivity contribution in [3.63, 3.8) is 0 Å². The summed E-state index contributed by atoms with van der Waals surface area (Å²) in [7, 11) is 0. The van der Waals surface area contributed by atoms with Crippen LogP contribution in [0.2, 0.25) is 0 Å². The van der Waals surface area contributed by atoms with Crippen molar-refractivity contribution in [2.75, 3.05) is 0 Å². The normalized spacial score (nSPS) is 8.62. The fraction of sp³-hybridized carbons (Fsp3) is 0.206. The van der Waals surface area contributed by atoms with Gasteiger partial charge in [0.25, 0.3) is 0 Å². The van der Waals surface area contributed by atoms with Crippen LogP contribution in [0.25, 0.3) is 0 Å². The average molecular weight is 929 g/mol. The zero-order chi connectivity index (χ0) is 20.4. The molecular weight excluding hydrogens is 877 g/mol. The fourth-order valence-corrected chi connectivity index (χ4v) is 3.97. The topological polar surface area (TPSA) is 60.7 Å². The summed E-state index contributed by atoms with van der Waals surface area (Å²) in [6, 6.07) is 19.5. The quantitative estimate of drug-likeness (QED) is 0.224. The molecule has 0 bridgehead atoms. The second kappa shape index (κ2) is 31.6. The first-order valence-electron chi connectivity index (χ1n) is 9.39. The Balaban J connectivity index is -0.0000000937. The van der Waals surface area contributed by atoms with Crippen LogP contribution >= 0.6 is 0 Å². The van der Waals surface area contributed by atoms with E-state index in [2.05, 4.69) is 25.1 Å². The monoisotopic (exact) mass is 928 g/mol. The first-order valence-corrected chi connectivity index (χ1v) is 9.39. The molecule has 6 heteroatoms. The maximum atomic E-state index is 9.78. The molecule has 0 aliphatic carbocycles. The summed E-state index contributed by atoms with van der Waals surface area (Å²) in [4.78, 5) is 0. The fourth-order valence-electron chi connectivity index (χ4n) is 3.97. The number of aryl methyl sites for hydroxylation is 3. The molecule has 3 aromatic carbocycles. The van der Waals surface area contributed by atoms with Gasteiger partial charge in [0.15, 0.2) is 0 Å². The molecule has 1 atom stereocenters. The van der Waals surface area contributed by atoms with Gasteiger partial charge in [-0.2, -0.15) is 51.6 Å². The third kappa shape index (κ3) is 18.1. The van der Waals surface area contributed by atoms with Crippen LogP contribution in [0.3, 0.4) is 0 Å². The largest absolute Gasteiger partial charge is 4.00 e. The Hall–Kier alpha value is 1.19. The van der Waals surface area contributed by atoms with E-state index in [4.69, 9.17) is 0 Å². The van der Waals surface area contributed by atoms with E-state index in [1.54, 1.807) is 18.2 Å². The second-order valence-electron chi connectivity index (χ2n) is 7.56. The Morgan fingerprint density at radius 1 is 0.525 bits per heavy atom. The van der Waals surface area contributed by atoms with Crippen molar-refractivity contribution in [2.45, 2.75) is 46.0 Å². The van der Waals surface area contributed by atoms with Crippen LogP contribution in [0.5, 0.6) is 17.2 Å². The molecule has 3 N–H and O–H groups in total. The predicted molar refractivity (Wildman–Crippen MR) is 168 cm³/mol. The summed E-state index contributed by atoms with van der Waals surface area (Å²) in [6.07, 6.45) is 0.818. The SMILES string of the molecule is Cc1cc(O)[c-]cc1C(C)CC(c1c[c-]c(O)cc1C)c1c[c-]c(O)cc1C.[CH3-].[CH3-].[CH3-].[CH3-].[CH3-].[CH3-].[CH3-].[CH3-].[CH3-].[Ce+4].[Ce+4].[Ce+4]. The summed E-state index contributed by atoms with van der Waals surface area (Å²) in [5.74, 6) is 0.676. The molecular formula is C34H52Ce3O3. The molecule has 0 saturated heterocycles. The maximum Gasteiger partial charge on any atom is 4.00 e. The standard InChI is InChI=1S/C25H25O3.9CH3.3Ce/c1-15-11-19(26)5-8-22(15)18(4)14-25(23-9-6-20(27)12-16(23)2)24-10-7-21(28)13-17(24)3;;;;;;;;;;;;/h8-13,18,25-28H,14H2,1-4H3;9*1H3;;;/q-3;9*-1;3*+4. The van der Waals surface area contributed by atoms with Gasteiger partial charge in [0.1, 0.15) is 0 Å². The smallest absolute Gasteiger partial charge is 0.534 e. The van der Waals surface area contributed by atoms with Crippen LogP contribution in [-0.4, -0.2) is 15.3 Å². The van der Waals surface area contributed by atoms with Crippen molar-refractivity contribution in [3.8, 4) is 17.2 Å². The average Bonchev–Trinajstić information content (AvgIpc) is 2.60. The van der Waals surface area contributed by atoms with Gasteiger partial charge < -0.3 is 82.2 Å². The van der Waals surface area contributed by atoms with E-state index in [1.165, 1.54) is 0 Å². The van der Waals surface area contributed by atoms with Crippen LogP contribution in [0.1, 0.15) is 58.6 Å². The van der Waals surface area contributed by atoms with E-state index >= 15 is 0 Å². The summed E-state index contributed by atoms with van der Waals surface area (Å²) < 4.78 is 0. The van der Waals surface area contributed by atoms with Gasteiger partial charge in [-0.1, -0.05) is 46.0 Å². The van der Waals surface area contributed by atoms with Crippen molar-refractivity contribution in [1.82, 2.24) is 0 Å². The van der Waals surface area contributed by atoms with E-state index in [0.717, 1.165) is 39.8 Å². The van der Waals surface area contributed by atoms with Crippen LogP contribution in [0.4, 0.5) is 0 Å². The number of phenols is 3. The molecule has 0 aliphatic heterocycles. The van der Waals surface area contributed by atoms with Gasteiger partial charge in [0, 0.05) is 17.2 Å². The van der Waals surface area contributed by atoms with Gasteiger partial charge in [-0.25, -0.2) is 0 Å². The molecule has 3 rings (SSSR count). The maximum absolute atomic E-state index is 9.78. The third-order valence-corrected chi connectivity index (χ3v) is 5.42. The van der Waals surface area contributed by atoms with Gasteiger partial charge in [0.2, 0.25) is 0 Å². The minimum atomic E-state index is 0. The zero-order valence-electron chi connectivity index (χ0n) is 27.2. The zero-order valence-corrected chi connectivity index (χ0v) is 36.6. The molecule has 3 nitrogen and oxygen atoms in total. The molecule has 0 heterocycles. The Morgan fingerprint density at radius 2 is 0.775 bits per heavy atom.